The van der Waals surface area contributed by atoms with Crippen molar-refractivity contribution in [2.24, 2.45) is 11.7 Å². The van der Waals surface area contributed by atoms with Crippen molar-refractivity contribution in [3.63, 3.8) is 0 Å². The summed E-state index contributed by atoms with van der Waals surface area (Å²) in [7, 11) is 0. The van der Waals surface area contributed by atoms with Crippen LogP contribution in [0, 0.1) is 5.92 Å². The van der Waals surface area contributed by atoms with Crippen LogP contribution in [0.3, 0.4) is 0 Å². The molecule has 6 nitrogen and oxygen atoms in total. The van der Waals surface area contributed by atoms with E-state index in [9.17, 15) is 4.79 Å². The molecule has 2 aliphatic rings. The van der Waals surface area contributed by atoms with Crippen molar-refractivity contribution in [2.75, 3.05) is 31.1 Å². The van der Waals surface area contributed by atoms with Gasteiger partial charge in [0.05, 0.1) is 6.04 Å². The highest BCUT2D eigenvalue weighted by atomic mass is 16.2. The summed E-state index contributed by atoms with van der Waals surface area (Å²) in [6.07, 6.45) is 6.85. The predicted octanol–water partition coefficient (Wildman–Crippen LogP) is 2.16. The van der Waals surface area contributed by atoms with Crippen LogP contribution >= 0.6 is 0 Å². The first-order valence-corrected chi connectivity index (χ1v) is 9.66. The number of piperidine rings is 1. The maximum absolute atomic E-state index is 12.5. The molecule has 0 spiro atoms. The quantitative estimate of drug-likeness (QED) is 0.885. The molecule has 3 heterocycles. The van der Waals surface area contributed by atoms with Crippen LogP contribution in [-0.2, 0) is 4.79 Å². The van der Waals surface area contributed by atoms with Gasteiger partial charge in [0, 0.05) is 43.9 Å². The Labute approximate surface area is 150 Å². The van der Waals surface area contributed by atoms with Crippen LogP contribution in [0.2, 0.25) is 0 Å². The standard InChI is InChI=1S/C19H31N5O/c1-14(2)11-16(20)19(25)24-9-5-15(6-10-24)17-12-18(22-13-21-17)23-7-3-4-8-23/h12-16H,3-11,20H2,1-2H3/t16-/m0/s1. The minimum Gasteiger partial charge on any atom is -0.357 e. The number of anilines is 1. The summed E-state index contributed by atoms with van der Waals surface area (Å²) in [4.78, 5) is 25.7. The molecule has 0 aliphatic carbocycles. The smallest absolute Gasteiger partial charge is 0.239 e. The van der Waals surface area contributed by atoms with Gasteiger partial charge in [-0.05, 0) is 38.0 Å². The van der Waals surface area contributed by atoms with E-state index in [0.29, 0.717) is 11.8 Å². The maximum Gasteiger partial charge on any atom is 0.239 e. The second kappa shape index (κ2) is 8.13. The Kier molecular flexibility index (Phi) is 5.89. The van der Waals surface area contributed by atoms with Crippen LogP contribution < -0.4 is 10.6 Å². The number of rotatable bonds is 5. The van der Waals surface area contributed by atoms with Gasteiger partial charge in [-0.25, -0.2) is 9.97 Å². The van der Waals surface area contributed by atoms with Gasteiger partial charge in [-0.1, -0.05) is 13.8 Å². The van der Waals surface area contributed by atoms with Crippen molar-refractivity contribution in [3.05, 3.63) is 18.1 Å². The van der Waals surface area contributed by atoms with Crippen LogP contribution in [0.4, 0.5) is 5.82 Å². The van der Waals surface area contributed by atoms with Gasteiger partial charge in [0.2, 0.25) is 5.91 Å². The lowest BCUT2D eigenvalue weighted by Crippen LogP contribution is -2.47. The number of aromatic nitrogens is 2. The molecule has 0 unspecified atom stereocenters. The van der Waals surface area contributed by atoms with Crippen LogP contribution in [0.15, 0.2) is 12.4 Å². The van der Waals surface area contributed by atoms with E-state index < -0.39 is 0 Å². The van der Waals surface area contributed by atoms with E-state index in [1.165, 1.54) is 12.8 Å². The molecule has 0 bridgehead atoms. The van der Waals surface area contributed by atoms with E-state index in [1.807, 2.05) is 4.90 Å². The minimum absolute atomic E-state index is 0.104. The number of carbonyl (C=O) groups excluding carboxylic acids is 1. The Balaban J connectivity index is 1.57. The minimum atomic E-state index is -0.364. The summed E-state index contributed by atoms with van der Waals surface area (Å²) in [5.74, 6) is 2.02. The van der Waals surface area contributed by atoms with Crippen LogP contribution in [-0.4, -0.2) is 53.0 Å². The average molecular weight is 345 g/mol. The molecule has 6 heteroatoms. The molecule has 1 aromatic rings. The highest BCUT2D eigenvalue weighted by Gasteiger charge is 2.28. The van der Waals surface area contributed by atoms with Gasteiger partial charge in [0.25, 0.3) is 0 Å². The Bertz CT molecular complexity index is 577. The van der Waals surface area contributed by atoms with Crippen molar-refractivity contribution in [3.8, 4) is 0 Å². The van der Waals surface area contributed by atoms with E-state index in [4.69, 9.17) is 5.73 Å². The third-order valence-corrected chi connectivity index (χ3v) is 5.37. The highest BCUT2D eigenvalue weighted by Crippen LogP contribution is 2.29. The topological polar surface area (TPSA) is 75.4 Å². The predicted molar refractivity (Wildman–Crippen MR) is 99.5 cm³/mol. The number of nitrogens with two attached hydrogens (primary N) is 1. The molecule has 2 saturated heterocycles. The fourth-order valence-corrected chi connectivity index (χ4v) is 3.94. The Morgan fingerprint density at radius 2 is 1.88 bits per heavy atom. The van der Waals surface area contributed by atoms with E-state index in [0.717, 1.165) is 57.0 Å². The lowest BCUT2D eigenvalue weighted by Gasteiger charge is -2.33. The van der Waals surface area contributed by atoms with Crippen molar-refractivity contribution >= 4 is 11.7 Å². The molecule has 25 heavy (non-hydrogen) atoms. The van der Waals surface area contributed by atoms with Gasteiger partial charge in [-0.2, -0.15) is 0 Å². The van der Waals surface area contributed by atoms with Gasteiger partial charge in [0.1, 0.15) is 12.1 Å². The molecule has 2 N–H and O–H groups in total. The van der Waals surface area contributed by atoms with Gasteiger partial charge >= 0.3 is 0 Å². The molecule has 0 saturated carbocycles. The second-order valence-electron chi connectivity index (χ2n) is 7.83. The van der Waals surface area contributed by atoms with Crippen LogP contribution in [0.25, 0.3) is 0 Å². The van der Waals surface area contributed by atoms with E-state index >= 15 is 0 Å². The molecule has 1 aromatic heterocycles. The molecule has 1 atom stereocenters. The Hall–Kier alpha value is -1.69. The third kappa shape index (κ3) is 4.48. The molecular formula is C19H31N5O. The lowest BCUT2D eigenvalue weighted by atomic mass is 9.92. The molecule has 3 rings (SSSR count). The maximum atomic E-state index is 12.5. The fraction of sp³-hybridized carbons (Fsp3) is 0.737. The second-order valence-corrected chi connectivity index (χ2v) is 7.83. The normalized spacial score (nSPS) is 20.3. The monoisotopic (exact) mass is 345 g/mol. The molecule has 0 aromatic carbocycles. The van der Waals surface area contributed by atoms with Gasteiger partial charge in [-0.3, -0.25) is 4.79 Å². The fourth-order valence-electron chi connectivity index (χ4n) is 3.94. The first kappa shape index (κ1) is 18.1. The number of hydrogen-bond acceptors (Lipinski definition) is 5. The van der Waals surface area contributed by atoms with E-state index in [2.05, 4.69) is 34.8 Å². The number of likely N-dealkylation sites (tertiary alicyclic amines) is 1. The molecule has 138 valence electrons. The summed E-state index contributed by atoms with van der Waals surface area (Å²) in [5.41, 5.74) is 7.19. The summed E-state index contributed by atoms with van der Waals surface area (Å²) in [5, 5.41) is 0. The van der Waals surface area contributed by atoms with Crippen molar-refractivity contribution in [1.82, 2.24) is 14.9 Å². The summed E-state index contributed by atoms with van der Waals surface area (Å²) >= 11 is 0. The van der Waals surface area contributed by atoms with Crippen molar-refractivity contribution in [2.45, 2.75) is 57.9 Å². The van der Waals surface area contributed by atoms with E-state index in [1.54, 1.807) is 6.33 Å². The molecule has 2 aliphatic heterocycles. The Morgan fingerprint density at radius 1 is 1.20 bits per heavy atom. The first-order valence-electron chi connectivity index (χ1n) is 9.66. The zero-order valence-electron chi connectivity index (χ0n) is 15.5. The molecule has 1 amide bonds. The summed E-state index contributed by atoms with van der Waals surface area (Å²) in [6, 6.07) is 1.79. The highest BCUT2D eigenvalue weighted by molar-refractivity contribution is 5.81. The molecular weight excluding hydrogens is 314 g/mol. The van der Waals surface area contributed by atoms with Crippen molar-refractivity contribution in [1.29, 1.82) is 0 Å². The van der Waals surface area contributed by atoms with Gasteiger partial charge in [-0.15, -0.1) is 0 Å². The van der Waals surface area contributed by atoms with Crippen LogP contribution in [0.1, 0.15) is 57.6 Å². The van der Waals surface area contributed by atoms with Gasteiger partial charge < -0.3 is 15.5 Å². The summed E-state index contributed by atoms with van der Waals surface area (Å²) in [6.45, 7) is 7.95. The van der Waals surface area contributed by atoms with Crippen molar-refractivity contribution < 1.29 is 4.79 Å². The van der Waals surface area contributed by atoms with E-state index in [-0.39, 0.29) is 11.9 Å². The summed E-state index contributed by atoms with van der Waals surface area (Å²) < 4.78 is 0. The van der Waals surface area contributed by atoms with Crippen LogP contribution in [0.5, 0.6) is 0 Å². The zero-order valence-corrected chi connectivity index (χ0v) is 15.5. The SMILES string of the molecule is CC(C)C[C@H](N)C(=O)N1CCC(c2cc(N3CCCC3)ncn2)CC1. The number of hydrogen-bond donors (Lipinski definition) is 1. The molecule has 2 fully saturated rings. The lowest BCUT2D eigenvalue weighted by molar-refractivity contribution is -0.134. The van der Waals surface area contributed by atoms with Gasteiger partial charge in [0.15, 0.2) is 0 Å². The number of amides is 1. The Morgan fingerprint density at radius 3 is 2.52 bits per heavy atom. The third-order valence-electron chi connectivity index (χ3n) is 5.37. The largest absolute Gasteiger partial charge is 0.357 e. The first-order chi connectivity index (χ1) is 12.0. The average Bonchev–Trinajstić information content (AvgIpc) is 3.15. The molecule has 0 radical (unpaired) electrons. The number of nitrogens with zero attached hydrogens (tertiary/aromatic N) is 4. The zero-order chi connectivity index (χ0) is 17.8. The number of carbonyl (C=O) groups is 1.